The lowest BCUT2D eigenvalue weighted by Crippen LogP contribution is -2.31. The molecular formula is C14H23NOS. The highest BCUT2D eigenvalue weighted by Gasteiger charge is 2.27. The Bertz CT molecular complexity index is 337. The molecule has 1 aromatic heterocycles. The van der Waals surface area contributed by atoms with E-state index in [4.69, 9.17) is 4.74 Å². The average molecular weight is 253 g/mol. The number of nitrogens with one attached hydrogen (secondary N) is 1. The fourth-order valence-corrected chi connectivity index (χ4v) is 3.46. The molecule has 0 amide bonds. The van der Waals surface area contributed by atoms with E-state index in [1.54, 1.807) is 0 Å². The Morgan fingerprint density at radius 1 is 1.47 bits per heavy atom. The molecule has 1 aliphatic heterocycles. The van der Waals surface area contributed by atoms with Crippen LogP contribution in [0.2, 0.25) is 0 Å². The molecule has 0 saturated carbocycles. The van der Waals surface area contributed by atoms with Gasteiger partial charge < -0.3 is 10.1 Å². The molecule has 3 heteroatoms. The van der Waals surface area contributed by atoms with E-state index in [1.165, 1.54) is 29.0 Å². The quantitative estimate of drug-likeness (QED) is 0.811. The minimum Gasteiger partial charge on any atom is -0.372 e. The zero-order valence-corrected chi connectivity index (χ0v) is 11.7. The third kappa shape index (κ3) is 3.54. The van der Waals surface area contributed by atoms with Crippen LogP contribution >= 0.6 is 11.3 Å². The van der Waals surface area contributed by atoms with Crippen molar-refractivity contribution >= 4 is 11.3 Å². The van der Waals surface area contributed by atoms with Crippen molar-refractivity contribution in [2.24, 2.45) is 5.92 Å². The SMILES string of the molecule is CCCNCC1CCCOC1c1ccc(C)s1. The van der Waals surface area contributed by atoms with Gasteiger partial charge in [-0.25, -0.2) is 0 Å². The minimum absolute atomic E-state index is 0.326. The molecule has 1 N–H and O–H groups in total. The van der Waals surface area contributed by atoms with Gasteiger partial charge in [0, 0.05) is 28.8 Å². The van der Waals surface area contributed by atoms with Crippen molar-refractivity contribution < 1.29 is 4.74 Å². The molecule has 0 spiro atoms. The van der Waals surface area contributed by atoms with Gasteiger partial charge in [-0.1, -0.05) is 6.92 Å². The van der Waals surface area contributed by atoms with Crippen molar-refractivity contribution in [2.45, 2.75) is 39.2 Å². The zero-order chi connectivity index (χ0) is 12.1. The predicted octanol–water partition coefficient (Wildman–Crippen LogP) is 3.52. The molecule has 0 bridgehead atoms. The molecule has 96 valence electrons. The maximum atomic E-state index is 5.99. The second-order valence-electron chi connectivity index (χ2n) is 4.85. The minimum atomic E-state index is 0.326. The van der Waals surface area contributed by atoms with Gasteiger partial charge in [0.25, 0.3) is 0 Å². The first kappa shape index (κ1) is 13.1. The molecule has 2 nitrogen and oxygen atoms in total. The van der Waals surface area contributed by atoms with Gasteiger partial charge in [0.1, 0.15) is 0 Å². The van der Waals surface area contributed by atoms with Crippen LogP contribution in [0, 0.1) is 12.8 Å². The highest BCUT2D eigenvalue weighted by molar-refractivity contribution is 7.12. The van der Waals surface area contributed by atoms with Crippen molar-refractivity contribution in [3.8, 4) is 0 Å². The monoisotopic (exact) mass is 253 g/mol. The molecule has 17 heavy (non-hydrogen) atoms. The summed E-state index contributed by atoms with van der Waals surface area (Å²) in [6.45, 7) is 7.51. The first-order valence-corrected chi connectivity index (χ1v) is 7.51. The fourth-order valence-electron chi connectivity index (χ4n) is 2.44. The lowest BCUT2D eigenvalue weighted by atomic mass is 9.93. The van der Waals surface area contributed by atoms with Gasteiger partial charge >= 0.3 is 0 Å². The van der Waals surface area contributed by atoms with E-state index in [2.05, 4.69) is 31.3 Å². The topological polar surface area (TPSA) is 21.3 Å². The summed E-state index contributed by atoms with van der Waals surface area (Å²) in [4.78, 5) is 2.79. The molecule has 1 aromatic rings. The summed E-state index contributed by atoms with van der Waals surface area (Å²) in [7, 11) is 0. The van der Waals surface area contributed by atoms with Crippen molar-refractivity contribution in [1.29, 1.82) is 0 Å². The first-order chi connectivity index (χ1) is 8.31. The van der Waals surface area contributed by atoms with Gasteiger partial charge in [-0.3, -0.25) is 0 Å². The number of rotatable bonds is 5. The Labute approximate surface area is 108 Å². The van der Waals surface area contributed by atoms with Gasteiger partial charge in [-0.15, -0.1) is 11.3 Å². The van der Waals surface area contributed by atoms with Crippen LogP contribution in [0.25, 0.3) is 0 Å². The summed E-state index contributed by atoms with van der Waals surface area (Å²) < 4.78 is 5.99. The van der Waals surface area contributed by atoms with Gasteiger partial charge in [-0.05, 0) is 44.9 Å². The van der Waals surface area contributed by atoms with Gasteiger partial charge in [-0.2, -0.15) is 0 Å². The van der Waals surface area contributed by atoms with Crippen LogP contribution in [0.5, 0.6) is 0 Å². The van der Waals surface area contributed by atoms with Crippen molar-refractivity contribution in [3.63, 3.8) is 0 Å². The summed E-state index contributed by atoms with van der Waals surface area (Å²) in [6, 6.07) is 4.44. The molecule has 1 fully saturated rings. The van der Waals surface area contributed by atoms with Crippen LogP contribution < -0.4 is 5.32 Å². The van der Waals surface area contributed by atoms with Crippen LogP contribution in [0.15, 0.2) is 12.1 Å². The Kier molecular flexibility index (Phi) is 5.01. The molecular weight excluding hydrogens is 230 g/mol. The number of hydrogen-bond acceptors (Lipinski definition) is 3. The second-order valence-corrected chi connectivity index (χ2v) is 6.17. The molecule has 2 unspecified atom stereocenters. The number of hydrogen-bond donors (Lipinski definition) is 1. The zero-order valence-electron chi connectivity index (χ0n) is 10.9. The van der Waals surface area contributed by atoms with Crippen molar-refractivity contribution in [2.75, 3.05) is 19.7 Å². The lowest BCUT2D eigenvalue weighted by molar-refractivity contribution is -0.0255. The van der Waals surface area contributed by atoms with Crippen molar-refractivity contribution in [3.05, 3.63) is 21.9 Å². The van der Waals surface area contributed by atoms with Gasteiger partial charge in [0.05, 0.1) is 6.10 Å². The van der Waals surface area contributed by atoms with E-state index in [0.29, 0.717) is 12.0 Å². The highest BCUT2D eigenvalue weighted by atomic mass is 32.1. The Morgan fingerprint density at radius 2 is 2.35 bits per heavy atom. The first-order valence-electron chi connectivity index (χ1n) is 6.70. The maximum Gasteiger partial charge on any atom is 0.0956 e. The van der Waals surface area contributed by atoms with Gasteiger partial charge in [0.15, 0.2) is 0 Å². The molecule has 0 aromatic carbocycles. The lowest BCUT2D eigenvalue weighted by Gasteiger charge is -2.31. The molecule has 1 aliphatic rings. The molecule has 2 rings (SSSR count). The third-order valence-electron chi connectivity index (χ3n) is 3.32. The van der Waals surface area contributed by atoms with E-state index in [9.17, 15) is 0 Å². The number of thiophene rings is 1. The summed E-state index contributed by atoms with van der Waals surface area (Å²) in [5, 5.41) is 3.54. The largest absolute Gasteiger partial charge is 0.372 e. The highest BCUT2D eigenvalue weighted by Crippen LogP contribution is 2.36. The van der Waals surface area contributed by atoms with E-state index in [0.717, 1.165) is 19.7 Å². The van der Waals surface area contributed by atoms with E-state index in [1.807, 2.05) is 11.3 Å². The van der Waals surface area contributed by atoms with E-state index >= 15 is 0 Å². The van der Waals surface area contributed by atoms with Crippen LogP contribution in [-0.4, -0.2) is 19.7 Å². The Hall–Kier alpha value is -0.380. The smallest absolute Gasteiger partial charge is 0.0956 e. The molecule has 0 radical (unpaired) electrons. The normalized spacial score (nSPS) is 25.1. The Morgan fingerprint density at radius 3 is 3.06 bits per heavy atom. The van der Waals surface area contributed by atoms with E-state index in [-0.39, 0.29) is 0 Å². The fraction of sp³-hybridized carbons (Fsp3) is 0.714. The number of aryl methyl sites for hydroxylation is 1. The third-order valence-corrected chi connectivity index (χ3v) is 4.38. The Balaban J connectivity index is 1.96. The van der Waals surface area contributed by atoms with Crippen LogP contribution in [0.1, 0.15) is 42.0 Å². The maximum absolute atomic E-state index is 5.99. The average Bonchev–Trinajstić information content (AvgIpc) is 2.77. The summed E-state index contributed by atoms with van der Waals surface area (Å²) >= 11 is 1.88. The van der Waals surface area contributed by atoms with Gasteiger partial charge in [0.2, 0.25) is 0 Å². The van der Waals surface area contributed by atoms with E-state index < -0.39 is 0 Å². The summed E-state index contributed by atoms with van der Waals surface area (Å²) in [6.07, 6.45) is 4.03. The summed E-state index contributed by atoms with van der Waals surface area (Å²) in [5.41, 5.74) is 0. The predicted molar refractivity (Wildman–Crippen MR) is 73.6 cm³/mol. The molecule has 2 atom stereocenters. The van der Waals surface area contributed by atoms with Crippen LogP contribution in [0.3, 0.4) is 0 Å². The van der Waals surface area contributed by atoms with Crippen LogP contribution in [-0.2, 0) is 4.74 Å². The number of ether oxygens (including phenoxy) is 1. The molecule has 0 aliphatic carbocycles. The standard InChI is InChI=1S/C14H23NOS/c1-3-8-15-10-12-5-4-9-16-14(12)13-7-6-11(2)17-13/h6-7,12,14-15H,3-5,8-10H2,1-2H3. The second kappa shape index (κ2) is 6.53. The van der Waals surface area contributed by atoms with Crippen molar-refractivity contribution in [1.82, 2.24) is 5.32 Å². The molecule has 2 heterocycles. The molecule has 1 saturated heterocycles. The van der Waals surface area contributed by atoms with Crippen LogP contribution in [0.4, 0.5) is 0 Å². The summed E-state index contributed by atoms with van der Waals surface area (Å²) in [5.74, 6) is 0.647.